The Hall–Kier alpha value is -1.69. The molecule has 0 aliphatic rings. The molecule has 0 aliphatic heterocycles. The summed E-state index contributed by atoms with van der Waals surface area (Å²) in [6.07, 6.45) is 0. The lowest BCUT2D eigenvalue weighted by molar-refractivity contribution is -0.0462. The van der Waals surface area contributed by atoms with Crippen LogP contribution >= 0.6 is 0 Å². The smallest absolute Gasteiger partial charge is 0.287 e. The zero-order valence-corrected chi connectivity index (χ0v) is 8.41. The molecule has 0 saturated carbocycles. The number of halogens is 2. The number of carbonyl (C=O) groups excluding carboxylic acids is 1. The lowest BCUT2D eigenvalue weighted by atomic mass is 10.2. The van der Waals surface area contributed by atoms with Crippen LogP contribution in [0.1, 0.15) is 10.4 Å². The fraction of sp³-hybridized carbons (Fsp3) is 0.300. The van der Waals surface area contributed by atoms with E-state index in [0.717, 1.165) is 0 Å². The van der Waals surface area contributed by atoms with Crippen LogP contribution in [-0.4, -0.2) is 30.1 Å². The summed E-state index contributed by atoms with van der Waals surface area (Å²) in [5.74, 6) is -3.96. The first-order valence-electron chi connectivity index (χ1n) is 4.57. The molecule has 0 atom stereocenters. The minimum absolute atomic E-state index is 0.203. The SMILES string of the molecule is Nc1cccc(C(=O)NCC(F)(F)CO)c1. The quantitative estimate of drug-likeness (QED) is 0.664. The summed E-state index contributed by atoms with van der Waals surface area (Å²) >= 11 is 0. The molecule has 0 unspecified atom stereocenters. The molecule has 4 N–H and O–H groups in total. The van der Waals surface area contributed by atoms with Crippen molar-refractivity contribution < 1.29 is 18.7 Å². The molecule has 0 aliphatic carbocycles. The number of nitrogens with one attached hydrogen (secondary N) is 1. The van der Waals surface area contributed by atoms with Crippen LogP contribution in [0.25, 0.3) is 0 Å². The fourth-order valence-corrected chi connectivity index (χ4v) is 1.05. The number of anilines is 1. The number of hydrogen-bond acceptors (Lipinski definition) is 3. The van der Waals surface area contributed by atoms with E-state index in [1.54, 1.807) is 12.1 Å². The van der Waals surface area contributed by atoms with E-state index in [1.165, 1.54) is 12.1 Å². The third kappa shape index (κ3) is 3.47. The summed E-state index contributed by atoms with van der Waals surface area (Å²) in [7, 11) is 0. The Labute approximate surface area is 91.1 Å². The first-order valence-corrected chi connectivity index (χ1v) is 4.57. The minimum atomic E-state index is -3.31. The van der Waals surface area contributed by atoms with Gasteiger partial charge in [0.1, 0.15) is 6.61 Å². The molecule has 0 aromatic heterocycles. The van der Waals surface area contributed by atoms with Crippen LogP contribution in [0.3, 0.4) is 0 Å². The summed E-state index contributed by atoms with van der Waals surface area (Å²) < 4.78 is 25.2. The van der Waals surface area contributed by atoms with Gasteiger partial charge in [0.2, 0.25) is 0 Å². The van der Waals surface area contributed by atoms with Crippen molar-refractivity contribution in [3.05, 3.63) is 29.8 Å². The highest BCUT2D eigenvalue weighted by molar-refractivity contribution is 5.94. The Morgan fingerprint density at radius 1 is 1.50 bits per heavy atom. The van der Waals surface area contributed by atoms with Crippen molar-refractivity contribution in [2.75, 3.05) is 18.9 Å². The number of amides is 1. The fourth-order valence-electron chi connectivity index (χ4n) is 1.05. The molecule has 0 fully saturated rings. The summed E-state index contributed by atoms with van der Waals surface area (Å²) in [5, 5.41) is 10.3. The molecule has 0 spiro atoms. The van der Waals surface area contributed by atoms with Crippen LogP contribution in [0, 0.1) is 0 Å². The van der Waals surface area contributed by atoms with Gasteiger partial charge < -0.3 is 16.2 Å². The number of aliphatic hydroxyl groups is 1. The molecule has 1 aromatic carbocycles. The van der Waals surface area contributed by atoms with Crippen LogP contribution in [-0.2, 0) is 0 Å². The van der Waals surface area contributed by atoms with Crippen molar-refractivity contribution in [3.8, 4) is 0 Å². The Kier molecular flexibility index (Phi) is 3.78. The molecule has 1 rings (SSSR count). The maximum absolute atomic E-state index is 12.6. The summed E-state index contributed by atoms with van der Waals surface area (Å²) in [6.45, 7) is -2.21. The molecule has 16 heavy (non-hydrogen) atoms. The molecule has 1 aromatic rings. The van der Waals surface area contributed by atoms with Crippen molar-refractivity contribution in [2.45, 2.75) is 5.92 Å². The second kappa shape index (κ2) is 4.89. The molecule has 0 saturated heterocycles. The average molecular weight is 230 g/mol. The highest BCUT2D eigenvalue weighted by atomic mass is 19.3. The molecule has 0 heterocycles. The van der Waals surface area contributed by atoms with E-state index in [4.69, 9.17) is 10.8 Å². The van der Waals surface area contributed by atoms with Crippen LogP contribution in [0.15, 0.2) is 24.3 Å². The van der Waals surface area contributed by atoms with E-state index in [2.05, 4.69) is 0 Å². The summed E-state index contributed by atoms with van der Waals surface area (Å²) in [5.41, 5.74) is 6.02. The summed E-state index contributed by atoms with van der Waals surface area (Å²) in [4.78, 5) is 11.4. The molecular formula is C10H12F2N2O2. The predicted octanol–water partition coefficient (Wildman–Crippen LogP) is 0.626. The molecule has 1 amide bonds. The Bertz CT molecular complexity index is 383. The number of nitrogens with two attached hydrogens (primary N) is 1. The first-order chi connectivity index (χ1) is 7.44. The Balaban J connectivity index is 2.60. The van der Waals surface area contributed by atoms with Crippen LogP contribution in [0.4, 0.5) is 14.5 Å². The van der Waals surface area contributed by atoms with Gasteiger partial charge in [0.25, 0.3) is 11.8 Å². The number of nitrogen functional groups attached to an aromatic ring is 1. The van der Waals surface area contributed by atoms with Gasteiger partial charge in [-0.3, -0.25) is 4.79 Å². The molecule has 88 valence electrons. The minimum Gasteiger partial charge on any atom is -0.399 e. The van der Waals surface area contributed by atoms with Gasteiger partial charge in [-0.1, -0.05) is 6.07 Å². The van der Waals surface area contributed by atoms with Gasteiger partial charge >= 0.3 is 0 Å². The number of rotatable bonds is 4. The van der Waals surface area contributed by atoms with Crippen molar-refractivity contribution >= 4 is 11.6 Å². The normalized spacial score (nSPS) is 11.2. The van der Waals surface area contributed by atoms with Crippen LogP contribution in [0.2, 0.25) is 0 Å². The van der Waals surface area contributed by atoms with E-state index >= 15 is 0 Å². The number of aliphatic hydroxyl groups excluding tert-OH is 1. The standard InChI is InChI=1S/C10H12F2N2O2/c11-10(12,6-15)5-14-9(16)7-2-1-3-8(13)4-7/h1-4,15H,5-6,13H2,(H,14,16). The third-order valence-electron chi connectivity index (χ3n) is 1.89. The molecule has 0 radical (unpaired) electrons. The van der Waals surface area contributed by atoms with Crippen molar-refractivity contribution in [2.24, 2.45) is 0 Å². The van der Waals surface area contributed by atoms with Gasteiger partial charge in [-0.25, -0.2) is 8.78 Å². The number of hydrogen-bond donors (Lipinski definition) is 3. The second-order valence-corrected chi connectivity index (χ2v) is 3.32. The molecule has 6 heteroatoms. The third-order valence-corrected chi connectivity index (χ3v) is 1.89. The number of benzene rings is 1. The van der Waals surface area contributed by atoms with Gasteiger partial charge in [-0.2, -0.15) is 0 Å². The highest BCUT2D eigenvalue weighted by Gasteiger charge is 2.28. The first kappa shape index (κ1) is 12.4. The zero-order chi connectivity index (χ0) is 12.2. The molecular weight excluding hydrogens is 218 g/mol. The van der Waals surface area contributed by atoms with E-state index in [0.29, 0.717) is 5.69 Å². The topological polar surface area (TPSA) is 75.4 Å². The van der Waals surface area contributed by atoms with Gasteiger partial charge in [0.15, 0.2) is 0 Å². The van der Waals surface area contributed by atoms with Crippen molar-refractivity contribution in [1.29, 1.82) is 0 Å². The summed E-state index contributed by atoms with van der Waals surface area (Å²) in [6, 6.07) is 5.97. The average Bonchev–Trinajstić information content (AvgIpc) is 2.26. The molecule has 0 bridgehead atoms. The van der Waals surface area contributed by atoms with Gasteiger partial charge in [-0.15, -0.1) is 0 Å². The maximum Gasteiger partial charge on any atom is 0.287 e. The van der Waals surface area contributed by atoms with Gasteiger partial charge in [0, 0.05) is 11.3 Å². The monoisotopic (exact) mass is 230 g/mol. The number of alkyl halides is 2. The van der Waals surface area contributed by atoms with E-state index in [1.807, 2.05) is 5.32 Å². The van der Waals surface area contributed by atoms with E-state index in [-0.39, 0.29) is 5.56 Å². The van der Waals surface area contributed by atoms with E-state index in [9.17, 15) is 13.6 Å². The van der Waals surface area contributed by atoms with Gasteiger partial charge in [-0.05, 0) is 18.2 Å². The zero-order valence-electron chi connectivity index (χ0n) is 8.41. The predicted molar refractivity (Wildman–Crippen MR) is 55.2 cm³/mol. The largest absolute Gasteiger partial charge is 0.399 e. The van der Waals surface area contributed by atoms with Crippen molar-refractivity contribution in [3.63, 3.8) is 0 Å². The van der Waals surface area contributed by atoms with Crippen molar-refractivity contribution in [1.82, 2.24) is 5.32 Å². The van der Waals surface area contributed by atoms with Crippen LogP contribution in [0.5, 0.6) is 0 Å². The van der Waals surface area contributed by atoms with E-state index < -0.39 is 25.0 Å². The highest BCUT2D eigenvalue weighted by Crippen LogP contribution is 2.11. The van der Waals surface area contributed by atoms with Crippen LogP contribution < -0.4 is 11.1 Å². The van der Waals surface area contributed by atoms with Gasteiger partial charge in [0.05, 0.1) is 6.54 Å². The Morgan fingerprint density at radius 3 is 2.75 bits per heavy atom. The molecule has 4 nitrogen and oxygen atoms in total. The lowest BCUT2D eigenvalue weighted by Crippen LogP contribution is -2.38. The lowest BCUT2D eigenvalue weighted by Gasteiger charge is -2.13. The Morgan fingerprint density at radius 2 is 2.19 bits per heavy atom. The number of carbonyl (C=O) groups is 1. The maximum atomic E-state index is 12.6. The second-order valence-electron chi connectivity index (χ2n) is 3.32.